The third-order valence-electron chi connectivity index (χ3n) is 4.11. The van der Waals surface area contributed by atoms with Crippen LogP contribution >= 0.6 is 0 Å². The van der Waals surface area contributed by atoms with Crippen LogP contribution in [0.1, 0.15) is 17.5 Å². The number of nitro groups is 1. The molecule has 0 fully saturated rings. The Morgan fingerprint density at radius 2 is 1.78 bits per heavy atom. The zero-order valence-corrected chi connectivity index (χ0v) is 15.2. The molecule has 144 valence electrons. The molecule has 2 N–H and O–H groups in total. The van der Waals surface area contributed by atoms with E-state index in [0.29, 0.717) is 23.3 Å². The van der Waals surface area contributed by atoms with Crippen LogP contribution < -0.4 is 14.8 Å². The van der Waals surface area contributed by atoms with E-state index in [1.807, 2.05) is 0 Å². The average molecular weight is 374 g/mol. The van der Waals surface area contributed by atoms with Crippen LogP contribution in [0.2, 0.25) is 0 Å². The SMILES string of the molecule is COc1cc(CCNC(=O)CCc2ccccc2O)c([N+](=O)[O-])cc1OC. The van der Waals surface area contributed by atoms with Crippen molar-refractivity contribution in [3.63, 3.8) is 0 Å². The number of para-hydroxylation sites is 1. The van der Waals surface area contributed by atoms with Crippen molar-refractivity contribution in [2.75, 3.05) is 20.8 Å². The molecule has 8 heteroatoms. The number of carbonyl (C=O) groups is 1. The Kier molecular flexibility index (Phi) is 6.99. The highest BCUT2D eigenvalue weighted by Crippen LogP contribution is 2.34. The first-order valence-electron chi connectivity index (χ1n) is 8.39. The second kappa shape index (κ2) is 9.42. The minimum atomic E-state index is -0.489. The molecule has 0 aliphatic rings. The minimum absolute atomic E-state index is 0.0869. The van der Waals surface area contributed by atoms with Crippen LogP contribution in [0.15, 0.2) is 36.4 Å². The third kappa shape index (κ3) is 5.34. The zero-order chi connectivity index (χ0) is 19.8. The van der Waals surface area contributed by atoms with Gasteiger partial charge in [-0.2, -0.15) is 0 Å². The Morgan fingerprint density at radius 1 is 1.11 bits per heavy atom. The summed E-state index contributed by atoms with van der Waals surface area (Å²) in [5.74, 6) is 0.635. The van der Waals surface area contributed by atoms with Gasteiger partial charge >= 0.3 is 0 Å². The van der Waals surface area contributed by atoms with Gasteiger partial charge in [0.25, 0.3) is 5.69 Å². The lowest BCUT2D eigenvalue weighted by Crippen LogP contribution is -2.26. The lowest BCUT2D eigenvalue weighted by atomic mass is 10.1. The summed E-state index contributed by atoms with van der Waals surface area (Å²) in [5, 5.41) is 23.7. The largest absolute Gasteiger partial charge is 0.508 e. The lowest BCUT2D eigenvalue weighted by molar-refractivity contribution is -0.385. The molecule has 0 unspecified atom stereocenters. The summed E-state index contributed by atoms with van der Waals surface area (Å²) in [6, 6.07) is 9.70. The van der Waals surface area contributed by atoms with Gasteiger partial charge in [-0.3, -0.25) is 14.9 Å². The van der Waals surface area contributed by atoms with Crippen molar-refractivity contribution in [2.45, 2.75) is 19.3 Å². The van der Waals surface area contributed by atoms with Crippen molar-refractivity contribution < 1.29 is 24.3 Å². The number of carbonyl (C=O) groups excluding carboxylic acids is 1. The highest BCUT2D eigenvalue weighted by molar-refractivity contribution is 5.76. The number of benzene rings is 2. The van der Waals surface area contributed by atoms with Gasteiger partial charge in [-0.15, -0.1) is 0 Å². The fourth-order valence-electron chi connectivity index (χ4n) is 2.68. The molecule has 2 aromatic rings. The number of phenols is 1. The average Bonchev–Trinajstić information content (AvgIpc) is 2.66. The van der Waals surface area contributed by atoms with Gasteiger partial charge in [0.05, 0.1) is 25.2 Å². The molecule has 8 nitrogen and oxygen atoms in total. The van der Waals surface area contributed by atoms with Gasteiger partial charge < -0.3 is 19.9 Å². The Labute approximate surface area is 156 Å². The van der Waals surface area contributed by atoms with E-state index in [4.69, 9.17) is 9.47 Å². The van der Waals surface area contributed by atoms with E-state index in [2.05, 4.69) is 5.32 Å². The molecule has 0 aliphatic carbocycles. The van der Waals surface area contributed by atoms with Crippen molar-refractivity contribution in [3.05, 3.63) is 57.6 Å². The molecule has 0 aliphatic heterocycles. The van der Waals surface area contributed by atoms with Gasteiger partial charge in [0, 0.05) is 18.5 Å². The molecule has 0 heterocycles. The van der Waals surface area contributed by atoms with E-state index in [1.54, 1.807) is 30.3 Å². The summed E-state index contributed by atoms with van der Waals surface area (Å²) in [7, 11) is 2.86. The van der Waals surface area contributed by atoms with Crippen molar-refractivity contribution in [2.24, 2.45) is 0 Å². The topological polar surface area (TPSA) is 111 Å². The Bertz CT molecular complexity index is 822. The minimum Gasteiger partial charge on any atom is -0.508 e. The van der Waals surface area contributed by atoms with Crippen LogP contribution in [-0.4, -0.2) is 36.7 Å². The van der Waals surface area contributed by atoms with Gasteiger partial charge in [-0.25, -0.2) is 0 Å². The molecule has 0 aromatic heterocycles. The predicted octanol–water partition coefficient (Wildman–Crippen LogP) is 2.61. The Morgan fingerprint density at radius 3 is 2.41 bits per heavy atom. The molecular weight excluding hydrogens is 352 g/mol. The van der Waals surface area contributed by atoms with E-state index in [9.17, 15) is 20.0 Å². The van der Waals surface area contributed by atoms with Gasteiger partial charge in [0.2, 0.25) is 5.91 Å². The van der Waals surface area contributed by atoms with E-state index in [0.717, 1.165) is 0 Å². The highest BCUT2D eigenvalue weighted by atomic mass is 16.6. The number of phenolic OH excluding ortho intramolecular Hbond substituents is 1. The fourth-order valence-corrected chi connectivity index (χ4v) is 2.68. The summed E-state index contributed by atoms with van der Waals surface area (Å²) in [4.78, 5) is 22.8. The second-order valence-electron chi connectivity index (χ2n) is 5.82. The van der Waals surface area contributed by atoms with Crippen molar-refractivity contribution >= 4 is 11.6 Å². The van der Waals surface area contributed by atoms with Crippen molar-refractivity contribution in [3.8, 4) is 17.2 Å². The summed E-state index contributed by atoms with van der Waals surface area (Å²) in [5.41, 5.74) is 1.05. The summed E-state index contributed by atoms with van der Waals surface area (Å²) in [6.45, 7) is 0.246. The number of amides is 1. The lowest BCUT2D eigenvalue weighted by Gasteiger charge is -2.11. The molecule has 0 saturated carbocycles. The molecule has 0 atom stereocenters. The Balaban J connectivity index is 1.95. The molecule has 0 bridgehead atoms. The first kappa shape index (κ1) is 20.0. The van der Waals surface area contributed by atoms with Crippen molar-refractivity contribution in [1.82, 2.24) is 5.32 Å². The first-order valence-corrected chi connectivity index (χ1v) is 8.39. The highest BCUT2D eigenvalue weighted by Gasteiger charge is 2.19. The normalized spacial score (nSPS) is 10.3. The summed E-state index contributed by atoms with van der Waals surface area (Å²) >= 11 is 0. The van der Waals surface area contributed by atoms with Crippen LogP contribution in [0, 0.1) is 10.1 Å². The van der Waals surface area contributed by atoms with Gasteiger partial charge in [-0.1, -0.05) is 18.2 Å². The van der Waals surface area contributed by atoms with Gasteiger partial charge in [0.15, 0.2) is 11.5 Å². The van der Waals surface area contributed by atoms with E-state index >= 15 is 0 Å². The standard InChI is InChI=1S/C19H22N2O6/c1-26-17-11-14(15(21(24)25)12-18(17)27-2)9-10-20-19(23)8-7-13-5-3-4-6-16(13)22/h3-6,11-12,22H,7-10H2,1-2H3,(H,20,23). The monoisotopic (exact) mass is 374 g/mol. The zero-order valence-electron chi connectivity index (χ0n) is 15.2. The number of ether oxygens (including phenoxy) is 2. The second-order valence-corrected chi connectivity index (χ2v) is 5.82. The maximum atomic E-state index is 12.0. The maximum Gasteiger partial charge on any atom is 0.276 e. The van der Waals surface area contributed by atoms with Gasteiger partial charge in [-0.05, 0) is 30.5 Å². The molecule has 2 aromatic carbocycles. The molecular formula is C19H22N2O6. The predicted molar refractivity (Wildman–Crippen MR) is 99.3 cm³/mol. The smallest absolute Gasteiger partial charge is 0.276 e. The van der Waals surface area contributed by atoms with Crippen LogP contribution in [0.4, 0.5) is 5.69 Å². The number of nitro benzene ring substituents is 1. The number of nitrogens with zero attached hydrogens (tertiary/aromatic N) is 1. The quantitative estimate of drug-likeness (QED) is 0.516. The number of methoxy groups -OCH3 is 2. The number of nitrogens with one attached hydrogen (secondary N) is 1. The van der Waals surface area contributed by atoms with Crippen molar-refractivity contribution in [1.29, 1.82) is 0 Å². The molecule has 1 amide bonds. The molecule has 0 spiro atoms. The first-order chi connectivity index (χ1) is 13.0. The van der Waals surface area contributed by atoms with Gasteiger partial charge in [0.1, 0.15) is 5.75 Å². The van der Waals surface area contributed by atoms with Crippen LogP contribution in [0.3, 0.4) is 0 Å². The number of rotatable bonds is 9. The van der Waals surface area contributed by atoms with E-state index < -0.39 is 4.92 Å². The van der Waals surface area contributed by atoms with Crippen LogP contribution in [0.5, 0.6) is 17.2 Å². The molecule has 0 saturated heterocycles. The van der Waals surface area contributed by atoms with E-state index in [-0.39, 0.29) is 42.5 Å². The fraction of sp³-hybridized carbons (Fsp3) is 0.316. The number of aromatic hydroxyl groups is 1. The molecule has 27 heavy (non-hydrogen) atoms. The third-order valence-corrected chi connectivity index (χ3v) is 4.11. The summed E-state index contributed by atoms with van der Waals surface area (Å²) in [6.07, 6.45) is 0.902. The number of hydrogen-bond donors (Lipinski definition) is 2. The van der Waals surface area contributed by atoms with Crippen LogP contribution in [-0.2, 0) is 17.6 Å². The molecule has 0 radical (unpaired) electrons. The Hall–Kier alpha value is -3.29. The van der Waals surface area contributed by atoms with E-state index in [1.165, 1.54) is 20.3 Å². The number of aryl methyl sites for hydroxylation is 1. The maximum absolute atomic E-state index is 12.0. The van der Waals surface area contributed by atoms with Crippen LogP contribution in [0.25, 0.3) is 0 Å². The molecule has 2 rings (SSSR count). The number of hydrogen-bond acceptors (Lipinski definition) is 6. The summed E-state index contributed by atoms with van der Waals surface area (Å²) < 4.78 is 10.3.